The number of hydrogen-bond donors (Lipinski definition) is 0. The van der Waals surface area contributed by atoms with E-state index in [4.69, 9.17) is 0 Å². The summed E-state index contributed by atoms with van der Waals surface area (Å²) in [7, 11) is 3.97. The lowest BCUT2D eigenvalue weighted by Crippen LogP contribution is -2.18. The molecule has 0 fully saturated rings. The molecule has 0 unspecified atom stereocenters. The number of aromatic nitrogens is 6. The third-order valence-electron chi connectivity index (χ3n) is 5.18. The molecule has 0 aliphatic heterocycles. The lowest BCUT2D eigenvalue weighted by molar-refractivity contribution is 0.797. The van der Waals surface area contributed by atoms with Crippen LogP contribution in [-0.4, -0.2) is 36.2 Å². The third kappa shape index (κ3) is 3.10. The lowest BCUT2D eigenvalue weighted by atomic mass is 10.1. The van der Waals surface area contributed by atoms with Gasteiger partial charge in [0.15, 0.2) is 5.65 Å². The van der Waals surface area contributed by atoms with E-state index in [2.05, 4.69) is 59.8 Å². The highest BCUT2D eigenvalue weighted by Gasteiger charge is 2.11. The maximum atomic E-state index is 4.58. The van der Waals surface area contributed by atoms with Crippen LogP contribution in [-0.2, 0) is 13.6 Å². The molecule has 0 aliphatic carbocycles. The van der Waals surface area contributed by atoms with Crippen LogP contribution in [0.2, 0.25) is 0 Å². The zero-order valence-electron chi connectivity index (χ0n) is 16.6. The largest absolute Gasteiger partial charge is 0.354 e. The molecule has 7 nitrogen and oxygen atoms in total. The van der Waals surface area contributed by atoms with Crippen molar-refractivity contribution in [1.82, 2.24) is 29.1 Å². The van der Waals surface area contributed by atoms with Crippen LogP contribution in [0.1, 0.15) is 11.3 Å². The van der Waals surface area contributed by atoms with E-state index in [0.717, 1.165) is 44.9 Å². The maximum absolute atomic E-state index is 4.58. The SMILES string of the molecule is Cc1ccc(N(C)Cc2cn3c(-c4ccc5c(cnn5C)c4)cnc3cn2)nc1. The monoisotopic (exact) mass is 383 g/mol. The number of nitrogens with zero attached hydrogens (tertiary/aromatic N) is 7. The second kappa shape index (κ2) is 6.70. The topological polar surface area (TPSA) is 64.1 Å². The van der Waals surface area contributed by atoms with E-state index in [1.165, 1.54) is 0 Å². The Morgan fingerprint density at radius 1 is 0.966 bits per heavy atom. The smallest absolute Gasteiger partial charge is 0.155 e. The van der Waals surface area contributed by atoms with E-state index in [1.54, 1.807) is 0 Å². The molecule has 0 amide bonds. The van der Waals surface area contributed by atoms with Crippen LogP contribution in [0, 0.1) is 6.92 Å². The molecule has 0 aliphatic rings. The van der Waals surface area contributed by atoms with Crippen molar-refractivity contribution >= 4 is 22.4 Å². The number of benzene rings is 1. The van der Waals surface area contributed by atoms with Crippen LogP contribution in [0.5, 0.6) is 0 Å². The predicted octanol–water partition coefficient (Wildman–Crippen LogP) is 3.62. The first-order chi connectivity index (χ1) is 14.1. The molecule has 5 aromatic rings. The number of aryl methyl sites for hydroxylation is 2. The first-order valence-corrected chi connectivity index (χ1v) is 9.46. The Labute approximate surface area is 168 Å². The first kappa shape index (κ1) is 17.4. The van der Waals surface area contributed by atoms with E-state index in [1.807, 2.05) is 56.6 Å². The summed E-state index contributed by atoms with van der Waals surface area (Å²) in [5.74, 6) is 0.922. The van der Waals surface area contributed by atoms with Crippen molar-refractivity contribution in [3.63, 3.8) is 0 Å². The van der Waals surface area contributed by atoms with Gasteiger partial charge in [-0.25, -0.2) is 9.97 Å². The van der Waals surface area contributed by atoms with Gasteiger partial charge in [0.1, 0.15) is 5.82 Å². The molecule has 29 heavy (non-hydrogen) atoms. The Morgan fingerprint density at radius 3 is 2.69 bits per heavy atom. The minimum Gasteiger partial charge on any atom is -0.354 e. The van der Waals surface area contributed by atoms with Gasteiger partial charge in [0, 0.05) is 37.4 Å². The van der Waals surface area contributed by atoms with Crippen molar-refractivity contribution in [2.75, 3.05) is 11.9 Å². The highest BCUT2D eigenvalue weighted by molar-refractivity contribution is 5.84. The van der Waals surface area contributed by atoms with Gasteiger partial charge in [-0.1, -0.05) is 12.1 Å². The Morgan fingerprint density at radius 2 is 1.86 bits per heavy atom. The third-order valence-corrected chi connectivity index (χ3v) is 5.18. The van der Waals surface area contributed by atoms with E-state index in [9.17, 15) is 0 Å². The average molecular weight is 383 g/mol. The van der Waals surface area contributed by atoms with Gasteiger partial charge in [-0.2, -0.15) is 5.10 Å². The number of imidazole rings is 1. The highest BCUT2D eigenvalue weighted by Crippen LogP contribution is 2.25. The quantitative estimate of drug-likeness (QED) is 0.474. The fourth-order valence-electron chi connectivity index (χ4n) is 3.56. The molecule has 0 saturated heterocycles. The molecule has 0 radical (unpaired) electrons. The fraction of sp³-hybridized carbons (Fsp3) is 0.182. The number of fused-ring (bicyclic) bond motifs is 2. The van der Waals surface area contributed by atoms with Crippen molar-refractivity contribution in [3.05, 3.63) is 72.6 Å². The number of anilines is 1. The summed E-state index contributed by atoms with van der Waals surface area (Å²) in [6.07, 6.45) is 9.53. The van der Waals surface area contributed by atoms with Crippen LogP contribution in [0.15, 0.2) is 61.3 Å². The maximum Gasteiger partial charge on any atom is 0.155 e. The molecule has 7 heteroatoms. The van der Waals surface area contributed by atoms with Crippen molar-refractivity contribution < 1.29 is 0 Å². The molecule has 4 aromatic heterocycles. The summed E-state index contributed by atoms with van der Waals surface area (Å²) in [5.41, 5.74) is 6.16. The highest BCUT2D eigenvalue weighted by atomic mass is 15.2. The van der Waals surface area contributed by atoms with Gasteiger partial charge in [-0.3, -0.25) is 14.1 Å². The van der Waals surface area contributed by atoms with Crippen LogP contribution in [0.25, 0.3) is 27.8 Å². The van der Waals surface area contributed by atoms with E-state index >= 15 is 0 Å². The minimum absolute atomic E-state index is 0.658. The van der Waals surface area contributed by atoms with Crippen molar-refractivity contribution in [2.45, 2.75) is 13.5 Å². The van der Waals surface area contributed by atoms with Gasteiger partial charge < -0.3 is 4.90 Å². The number of hydrogen-bond acceptors (Lipinski definition) is 5. The van der Waals surface area contributed by atoms with Crippen LogP contribution >= 0.6 is 0 Å². The van der Waals surface area contributed by atoms with E-state index < -0.39 is 0 Å². The van der Waals surface area contributed by atoms with Gasteiger partial charge in [0.2, 0.25) is 0 Å². The summed E-state index contributed by atoms with van der Waals surface area (Å²) in [5, 5.41) is 5.44. The normalized spacial score (nSPS) is 11.4. The molecule has 0 spiro atoms. The Bertz CT molecular complexity index is 1310. The summed E-state index contributed by atoms with van der Waals surface area (Å²) in [6.45, 7) is 2.70. The molecule has 0 N–H and O–H groups in total. The Balaban J connectivity index is 1.50. The molecule has 4 heterocycles. The van der Waals surface area contributed by atoms with Crippen LogP contribution < -0.4 is 4.90 Å². The fourth-order valence-corrected chi connectivity index (χ4v) is 3.56. The first-order valence-electron chi connectivity index (χ1n) is 9.46. The summed E-state index contributed by atoms with van der Waals surface area (Å²) in [6, 6.07) is 10.4. The molecular formula is C22H21N7. The van der Waals surface area contributed by atoms with Gasteiger partial charge in [0.05, 0.1) is 42.0 Å². The average Bonchev–Trinajstić information content (AvgIpc) is 3.31. The molecule has 5 rings (SSSR count). The van der Waals surface area contributed by atoms with Gasteiger partial charge >= 0.3 is 0 Å². The minimum atomic E-state index is 0.658. The second-order valence-corrected chi connectivity index (χ2v) is 7.34. The van der Waals surface area contributed by atoms with Crippen molar-refractivity contribution in [3.8, 4) is 11.3 Å². The Kier molecular flexibility index (Phi) is 4.01. The standard InChI is InChI=1S/C22H21N7/c1-15-4-7-21(24-9-15)27(2)13-18-14-29-20(11-25-22(29)12-23-18)16-5-6-19-17(8-16)10-26-28(19)3/h4-12,14H,13H2,1-3H3. The summed E-state index contributed by atoms with van der Waals surface area (Å²) in [4.78, 5) is 15.7. The van der Waals surface area contributed by atoms with E-state index in [-0.39, 0.29) is 0 Å². The van der Waals surface area contributed by atoms with Crippen LogP contribution in [0.4, 0.5) is 5.82 Å². The zero-order chi connectivity index (χ0) is 20.0. The zero-order valence-corrected chi connectivity index (χ0v) is 16.6. The molecular weight excluding hydrogens is 362 g/mol. The lowest BCUT2D eigenvalue weighted by Gasteiger charge is -2.18. The van der Waals surface area contributed by atoms with Crippen molar-refractivity contribution in [2.24, 2.45) is 7.05 Å². The molecule has 0 saturated carbocycles. The van der Waals surface area contributed by atoms with Crippen LogP contribution in [0.3, 0.4) is 0 Å². The van der Waals surface area contributed by atoms with Crippen molar-refractivity contribution in [1.29, 1.82) is 0 Å². The summed E-state index contributed by atoms with van der Waals surface area (Å²) < 4.78 is 3.97. The van der Waals surface area contributed by atoms with Gasteiger partial charge in [-0.15, -0.1) is 0 Å². The summed E-state index contributed by atoms with van der Waals surface area (Å²) >= 11 is 0. The van der Waals surface area contributed by atoms with Gasteiger partial charge in [0.25, 0.3) is 0 Å². The van der Waals surface area contributed by atoms with E-state index in [0.29, 0.717) is 6.54 Å². The molecule has 144 valence electrons. The molecule has 1 aromatic carbocycles. The molecule has 0 bridgehead atoms. The Hall–Kier alpha value is -3.74. The second-order valence-electron chi connectivity index (χ2n) is 7.34. The number of pyridine rings is 1. The van der Waals surface area contributed by atoms with Gasteiger partial charge in [-0.05, 0) is 30.7 Å². The number of rotatable bonds is 4. The predicted molar refractivity (Wildman–Crippen MR) is 114 cm³/mol. The molecule has 0 atom stereocenters.